The molecular formula is C24H22N2O3S. The van der Waals surface area contributed by atoms with Crippen molar-refractivity contribution in [3.05, 3.63) is 92.8 Å². The predicted molar refractivity (Wildman–Crippen MR) is 121 cm³/mol. The standard InChI is InChI=1S/C24H22N2O3S/c1-15-9-10-19(12-16(15)2)23(28)26-22(14-21-8-5-11-30-21)24(29)25-20-7-4-6-18(13-20)17(3)27/h4-14H,1-3H3,(H,25,29)(H,26,28). The molecule has 0 saturated carbocycles. The van der Waals surface area contributed by atoms with Crippen LogP contribution in [0.3, 0.4) is 0 Å². The zero-order valence-electron chi connectivity index (χ0n) is 17.0. The Balaban J connectivity index is 1.86. The van der Waals surface area contributed by atoms with Crippen molar-refractivity contribution in [2.45, 2.75) is 20.8 Å². The molecule has 6 heteroatoms. The number of aryl methyl sites for hydroxylation is 2. The molecule has 0 spiro atoms. The van der Waals surface area contributed by atoms with E-state index in [-0.39, 0.29) is 17.4 Å². The first-order valence-electron chi connectivity index (χ1n) is 9.39. The monoisotopic (exact) mass is 418 g/mol. The third kappa shape index (κ3) is 5.30. The molecule has 0 saturated heterocycles. The van der Waals surface area contributed by atoms with Crippen LogP contribution in [0.1, 0.15) is 43.6 Å². The van der Waals surface area contributed by atoms with Crippen LogP contribution in [-0.4, -0.2) is 17.6 Å². The second-order valence-corrected chi connectivity index (χ2v) is 7.90. The van der Waals surface area contributed by atoms with E-state index >= 15 is 0 Å². The van der Waals surface area contributed by atoms with Crippen LogP contribution in [0.4, 0.5) is 5.69 Å². The number of rotatable bonds is 6. The quantitative estimate of drug-likeness (QED) is 0.438. The van der Waals surface area contributed by atoms with E-state index in [1.54, 1.807) is 42.5 Å². The van der Waals surface area contributed by atoms with Crippen LogP contribution in [0, 0.1) is 13.8 Å². The third-order valence-corrected chi connectivity index (χ3v) is 5.44. The number of hydrogen-bond donors (Lipinski definition) is 2. The van der Waals surface area contributed by atoms with Gasteiger partial charge in [-0.1, -0.05) is 24.3 Å². The Bertz CT molecular complexity index is 1130. The van der Waals surface area contributed by atoms with Crippen LogP contribution in [0.5, 0.6) is 0 Å². The molecule has 0 fully saturated rings. The summed E-state index contributed by atoms with van der Waals surface area (Å²) in [5.41, 5.74) is 3.65. The fraction of sp³-hybridized carbons (Fsp3) is 0.125. The second-order valence-electron chi connectivity index (χ2n) is 6.92. The van der Waals surface area contributed by atoms with Crippen LogP contribution in [0.15, 0.2) is 65.7 Å². The Morgan fingerprint density at radius 3 is 2.37 bits per heavy atom. The number of carbonyl (C=O) groups excluding carboxylic acids is 3. The van der Waals surface area contributed by atoms with Crippen molar-refractivity contribution in [3.8, 4) is 0 Å². The first kappa shape index (κ1) is 21.2. The minimum atomic E-state index is -0.471. The summed E-state index contributed by atoms with van der Waals surface area (Å²) < 4.78 is 0. The maximum Gasteiger partial charge on any atom is 0.272 e. The van der Waals surface area contributed by atoms with Gasteiger partial charge >= 0.3 is 0 Å². The molecule has 2 amide bonds. The topological polar surface area (TPSA) is 75.3 Å². The van der Waals surface area contributed by atoms with Gasteiger partial charge in [0, 0.05) is 21.7 Å². The van der Waals surface area contributed by atoms with E-state index in [4.69, 9.17) is 0 Å². The molecule has 2 N–H and O–H groups in total. The molecule has 0 aliphatic heterocycles. The number of thiophene rings is 1. The highest BCUT2D eigenvalue weighted by Gasteiger charge is 2.16. The van der Waals surface area contributed by atoms with Crippen LogP contribution in [0.2, 0.25) is 0 Å². The molecule has 0 bridgehead atoms. The Morgan fingerprint density at radius 1 is 0.900 bits per heavy atom. The normalized spacial score (nSPS) is 11.1. The lowest BCUT2D eigenvalue weighted by atomic mass is 10.1. The van der Waals surface area contributed by atoms with Gasteiger partial charge in [0.25, 0.3) is 11.8 Å². The van der Waals surface area contributed by atoms with Crippen molar-refractivity contribution in [1.29, 1.82) is 0 Å². The minimum absolute atomic E-state index is 0.0940. The summed E-state index contributed by atoms with van der Waals surface area (Å²) in [7, 11) is 0. The van der Waals surface area contributed by atoms with Crippen LogP contribution < -0.4 is 10.6 Å². The number of benzene rings is 2. The number of nitrogens with one attached hydrogen (secondary N) is 2. The number of carbonyl (C=O) groups is 3. The van der Waals surface area contributed by atoms with Gasteiger partial charge in [0.1, 0.15) is 5.70 Å². The summed E-state index contributed by atoms with van der Waals surface area (Å²) in [6, 6.07) is 15.8. The van der Waals surface area contributed by atoms with Gasteiger partial charge in [-0.05, 0) is 73.7 Å². The highest BCUT2D eigenvalue weighted by molar-refractivity contribution is 7.10. The van der Waals surface area contributed by atoms with Crippen molar-refractivity contribution in [2.24, 2.45) is 0 Å². The summed E-state index contributed by atoms with van der Waals surface area (Å²) in [6.07, 6.45) is 1.63. The fourth-order valence-corrected chi connectivity index (χ4v) is 3.42. The van der Waals surface area contributed by atoms with Gasteiger partial charge in [-0.25, -0.2) is 0 Å². The molecule has 3 rings (SSSR count). The van der Waals surface area contributed by atoms with Crippen LogP contribution >= 0.6 is 11.3 Å². The Labute approximate surface area is 179 Å². The largest absolute Gasteiger partial charge is 0.321 e. The van der Waals surface area contributed by atoms with E-state index in [0.717, 1.165) is 16.0 Å². The minimum Gasteiger partial charge on any atom is -0.321 e. The van der Waals surface area contributed by atoms with Crippen LogP contribution in [-0.2, 0) is 4.79 Å². The number of Topliss-reactive ketones (excluding diaryl/α,β-unsaturated/α-hetero) is 1. The van der Waals surface area contributed by atoms with Gasteiger partial charge in [0.05, 0.1) is 0 Å². The Morgan fingerprint density at radius 2 is 1.70 bits per heavy atom. The van der Waals surface area contributed by atoms with Gasteiger partial charge < -0.3 is 10.6 Å². The Kier molecular flexibility index (Phi) is 6.59. The van der Waals surface area contributed by atoms with Crippen molar-refractivity contribution >= 4 is 40.7 Å². The van der Waals surface area contributed by atoms with Gasteiger partial charge in [-0.2, -0.15) is 0 Å². The van der Waals surface area contributed by atoms with E-state index in [2.05, 4.69) is 10.6 Å². The maximum atomic E-state index is 12.9. The van der Waals surface area contributed by atoms with Crippen molar-refractivity contribution in [1.82, 2.24) is 5.32 Å². The molecule has 152 valence electrons. The van der Waals surface area contributed by atoms with E-state index in [1.807, 2.05) is 37.4 Å². The van der Waals surface area contributed by atoms with Gasteiger partial charge in [0.15, 0.2) is 5.78 Å². The van der Waals surface area contributed by atoms with E-state index in [9.17, 15) is 14.4 Å². The molecule has 5 nitrogen and oxygen atoms in total. The lowest BCUT2D eigenvalue weighted by Crippen LogP contribution is -2.30. The molecule has 0 radical (unpaired) electrons. The summed E-state index contributed by atoms with van der Waals surface area (Å²) in [6.45, 7) is 5.37. The van der Waals surface area contributed by atoms with Gasteiger partial charge in [0.2, 0.25) is 0 Å². The SMILES string of the molecule is CC(=O)c1cccc(NC(=O)C(=Cc2cccs2)NC(=O)c2ccc(C)c(C)c2)c1. The first-order valence-corrected chi connectivity index (χ1v) is 10.3. The second kappa shape index (κ2) is 9.33. The van der Waals surface area contributed by atoms with Crippen molar-refractivity contribution < 1.29 is 14.4 Å². The maximum absolute atomic E-state index is 12.9. The third-order valence-electron chi connectivity index (χ3n) is 4.62. The van der Waals surface area contributed by atoms with Crippen molar-refractivity contribution in [3.63, 3.8) is 0 Å². The Hall–Kier alpha value is -3.51. The lowest BCUT2D eigenvalue weighted by molar-refractivity contribution is -0.113. The predicted octanol–water partition coefficient (Wildman–Crippen LogP) is 4.98. The zero-order valence-corrected chi connectivity index (χ0v) is 17.8. The molecule has 2 aromatic carbocycles. The molecule has 0 aliphatic carbocycles. The number of amides is 2. The smallest absolute Gasteiger partial charge is 0.272 e. The molecule has 1 aromatic heterocycles. The van der Waals surface area contributed by atoms with Crippen LogP contribution in [0.25, 0.3) is 6.08 Å². The highest BCUT2D eigenvalue weighted by atomic mass is 32.1. The average Bonchev–Trinajstić information content (AvgIpc) is 3.22. The number of anilines is 1. The van der Waals surface area contributed by atoms with E-state index in [1.165, 1.54) is 18.3 Å². The summed E-state index contributed by atoms with van der Waals surface area (Å²) >= 11 is 1.46. The molecule has 1 heterocycles. The number of hydrogen-bond acceptors (Lipinski definition) is 4. The summed E-state index contributed by atoms with van der Waals surface area (Å²) in [5, 5.41) is 7.37. The summed E-state index contributed by atoms with van der Waals surface area (Å²) in [5.74, 6) is -0.932. The van der Waals surface area contributed by atoms with Crippen molar-refractivity contribution in [2.75, 3.05) is 5.32 Å². The lowest BCUT2D eigenvalue weighted by Gasteiger charge is -2.12. The average molecular weight is 419 g/mol. The molecule has 30 heavy (non-hydrogen) atoms. The molecule has 0 aliphatic rings. The van der Waals surface area contributed by atoms with Gasteiger partial charge in [-0.15, -0.1) is 11.3 Å². The zero-order chi connectivity index (χ0) is 21.7. The van der Waals surface area contributed by atoms with E-state index in [0.29, 0.717) is 16.8 Å². The fourth-order valence-electron chi connectivity index (χ4n) is 2.77. The summed E-state index contributed by atoms with van der Waals surface area (Å²) in [4.78, 5) is 38.1. The molecule has 0 atom stereocenters. The molecule has 0 unspecified atom stereocenters. The first-order chi connectivity index (χ1) is 14.3. The van der Waals surface area contributed by atoms with Gasteiger partial charge in [-0.3, -0.25) is 14.4 Å². The number of ketones is 1. The molecule has 3 aromatic rings. The highest BCUT2D eigenvalue weighted by Crippen LogP contribution is 2.17. The van der Waals surface area contributed by atoms with E-state index < -0.39 is 5.91 Å². The molecular weight excluding hydrogens is 396 g/mol.